The lowest BCUT2D eigenvalue weighted by Gasteiger charge is -2.06. The number of benzene rings is 2. The normalized spacial score (nSPS) is 10.6. The van der Waals surface area contributed by atoms with Crippen LogP contribution in [0.4, 0.5) is 0 Å². The van der Waals surface area contributed by atoms with E-state index in [0.717, 1.165) is 16.7 Å². The van der Waals surface area contributed by atoms with Gasteiger partial charge >= 0.3 is 5.97 Å². The second-order valence-electron chi connectivity index (χ2n) is 5.11. The maximum atomic E-state index is 11.4. The molecule has 0 spiro atoms. The van der Waals surface area contributed by atoms with E-state index in [1.165, 1.54) is 6.26 Å². The molecular weight excluding hydrogens is 292 g/mol. The zero-order valence-corrected chi connectivity index (χ0v) is 12.4. The van der Waals surface area contributed by atoms with Crippen molar-refractivity contribution >= 4 is 5.97 Å². The number of carbonyl (C=O) groups is 1. The number of hydrogen-bond acceptors (Lipinski definition) is 3. The fraction of sp³-hybridized carbons (Fsp3) is 0.105. The summed E-state index contributed by atoms with van der Waals surface area (Å²) in [4.78, 5) is 11.4. The van der Waals surface area contributed by atoms with Crippen LogP contribution >= 0.6 is 0 Å². The Kier molecular flexibility index (Phi) is 4.54. The number of aromatic carboxylic acids is 1. The van der Waals surface area contributed by atoms with Gasteiger partial charge in [-0.05, 0) is 11.1 Å². The first-order valence-electron chi connectivity index (χ1n) is 7.26. The average Bonchev–Trinajstić information content (AvgIpc) is 3.01. The highest BCUT2D eigenvalue weighted by Crippen LogP contribution is 2.30. The fourth-order valence-corrected chi connectivity index (χ4v) is 2.43. The van der Waals surface area contributed by atoms with E-state index in [1.54, 1.807) is 0 Å². The third-order valence-electron chi connectivity index (χ3n) is 3.49. The molecule has 2 aromatic carbocycles. The van der Waals surface area contributed by atoms with Crippen molar-refractivity contribution in [3.8, 4) is 11.1 Å². The lowest BCUT2D eigenvalue weighted by atomic mass is 10.0. The first kappa shape index (κ1) is 15.1. The molecule has 0 fully saturated rings. The van der Waals surface area contributed by atoms with E-state index in [-0.39, 0.29) is 12.4 Å². The summed E-state index contributed by atoms with van der Waals surface area (Å²) >= 11 is 0. The van der Waals surface area contributed by atoms with E-state index < -0.39 is 5.97 Å². The van der Waals surface area contributed by atoms with Crippen LogP contribution in [0, 0.1) is 0 Å². The number of furan rings is 1. The molecule has 3 rings (SSSR count). The number of rotatable bonds is 6. The molecule has 4 heteroatoms. The quantitative estimate of drug-likeness (QED) is 0.735. The van der Waals surface area contributed by atoms with Crippen molar-refractivity contribution < 1.29 is 19.1 Å². The van der Waals surface area contributed by atoms with Crippen LogP contribution in [0.3, 0.4) is 0 Å². The van der Waals surface area contributed by atoms with Crippen molar-refractivity contribution in [2.75, 3.05) is 0 Å². The third-order valence-corrected chi connectivity index (χ3v) is 3.49. The van der Waals surface area contributed by atoms with Gasteiger partial charge in [0.1, 0.15) is 0 Å². The summed E-state index contributed by atoms with van der Waals surface area (Å²) in [5, 5.41) is 9.31. The smallest absolute Gasteiger partial charge is 0.372 e. The Balaban J connectivity index is 1.81. The SMILES string of the molecule is O=C(O)c1occ(COCc2ccccc2)c1-c1ccccc1. The van der Waals surface area contributed by atoms with E-state index in [1.807, 2.05) is 60.7 Å². The monoisotopic (exact) mass is 308 g/mol. The van der Waals surface area contributed by atoms with Gasteiger partial charge < -0.3 is 14.3 Å². The molecule has 0 bridgehead atoms. The molecular formula is C19H16O4. The fourth-order valence-electron chi connectivity index (χ4n) is 2.43. The number of hydrogen-bond donors (Lipinski definition) is 1. The van der Waals surface area contributed by atoms with Gasteiger partial charge in [0.15, 0.2) is 0 Å². The van der Waals surface area contributed by atoms with Gasteiger partial charge in [-0.3, -0.25) is 0 Å². The van der Waals surface area contributed by atoms with Crippen molar-refractivity contribution in [2.45, 2.75) is 13.2 Å². The number of carboxylic acids is 1. The molecule has 0 saturated carbocycles. The van der Waals surface area contributed by atoms with Crippen LogP contribution in [0.2, 0.25) is 0 Å². The molecule has 0 unspecified atom stereocenters. The lowest BCUT2D eigenvalue weighted by Crippen LogP contribution is -1.99. The largest absolute Gasteiger partial charge is 0.475 e. The standard InChI is InChI=1S/C19H16O4/c20-19(21)18-17(15-9-5-2-6-10-15)16(13-23-18)12-22-11-14-7-3-1-4-8-14/h1-10,13H,11-12H2,(H,20,21). The van der Waals surface area contributed by atoms with Crippen LogP contribution in [0.15, 0.2) is 71.3 Å². The first-order valence-corrected chi connectivity index (χ1v) is 7.26. The minimum Gasteiger partial charge on any atom is -0.475 e. The highest BCUT2D eigenvalue weighted by molar-refractivity contribution is 5.94. The van der Waals surface area contributed by atoms with Crippen molar-refractivity contribution in [2.24, 2.45) is 0 Å². The van der Waals surface area contributed by atoms with Gasteiger partial charge in [0, 0.05) is 11.1 Å². The Bertz CT molecular complexity index is 776. The van der Waals surface area contributed by atoms with E-state index in [9.17, 15) is 9.90 Å². The summed E-state index contributed by atoms with van der Waals surface area (Å²) in [5.74, 6) is -1.15. The third kappa shape index (κ3) is 3.49. The second-order valence-corrected chi connectivity index (χ2v) is 5.11. The van der Waals surface area contributed by atoms with E-state index >= 15 is 0 Å². The zero-order valence-electron chi connectivity index (χ0n) is 12.4. The molecule has 0 aliphatic carbocycles. The van der Waals surface area contributed by atoms with Gasteiger partial charge in [0.2, 0.25) is 5.76 Å². The van der Waals surface area contributed by atoms with Crippen molar-refractivity contribution in [3.05, 3.63) is 83.8 Å². The average molecular weight is 308 g/mol. The Hall–Kier alpha value is -2.85. The molecule has 1 heterocycles. The Labute approximate surface area is 134 Å². The number of ether oxygens (including phenoxy) is 1. The summed E-state index contributed by atoms with van der Waals surface area (Å²) in [5.41, 5.74) is 3.17. The first-order chi connectivity index (χ1) is 11.3. The van der Waals surface area contributed by atoms with Gasteiger partial charge in [0.05, 0.1) is 19.5 Å². The predicted octanol–water partition coefficient (Wildman–Crippen LogP) is 4.36. The van der Waals surface area contributed by atoms with E-state index in [4.69, 9.17) is 9.15 Å². The maximum Gasteiger partial charge on any atom is 0.372 e. The molecule has 23 heavy (non-hydrogen) atoms. The summed E-state index contributed by atoms with van der Waals surface area (Å²) in [6.45, 7) is 0.749. The van der Waals surface area contributed by atoms with Crippen LogP contribution in [0.5, 0.6) is 0 Å². The summed E-state index contributed by atoms with van der Waals surface area (Å²) in [7, 11) is 0. The molecule has 1 N–H and O–H groups in total. The molecule has 0 aliphatic heterocycles. The Morgan fingerprint density at radius 1 is 0.957 bits per heavy atom. The number of carboxylic acid groups (broad SMARTS) is 1. The molecule has 0 atom stereocenters. The van der Waals surface area contributed by atoms with Crippen LogP contribution in [-0.4, -0.2) is 11.1 Å². The van der Waals surface area contributed by atoms with Crippen LogP contribution < -0.4 is 0 Å². The summed E-state index contributed by atoms with van der Waals surface area (Å²) in [6, 6.07) is 19.2. The van der Waals surface area contributed by atoms with E-state index in [2.05, 4.69) is 0 Å². The second kappa shape index (κ2) is 6.94. The van der Waals surface area contributed by atoms with Crippen molar-refractivity contribution in [1.29, 1.82) is 0 Å². The molecule has 0 saturated heterocycles. The van der Waals surface area contributed by atoms with Crippen LogP contribution in [-0.2, 0) is 18.0 Å². The van der Waals surface area contributed by atoms with Crippen molar-refractivity contribution in [1.82, 2.24) is 0 Å². The highest BCUT2D eigenvalue weighted by atomic mass is 16.5. The zero-order chi connectivity index (χ0) is 16.1. The van der Waals surface area contributed by atoms with Crippen LogP contribution in [0.25, 0.3) is 11.1 Å². The molecule has 4 nitrogen and oxygen atoms in total. The lowest BCUT2D eigenvalue weighted by molar-refractivity contribution is 0.0663. The van der Waals surface area contributed by atoms with Gasteiger partial charge in [-0.25, -0.2) is 4.79 Å². The topological polar surface area (TPSA) is 59.7 Å². The molecule has 0 aliphatic rings. The molecule has 116 valence electrons. The van der Waals surface area contributed by atoms with Gasteiger partial charge in [-0.1, -0.05) is 60.7 Å². The molecule has 3 aromatic rings. The minimum atomic E-state index is -1.09. The summed E-state index contributed by atoms with van der Waals surface area (Å²) < 4.78 is 10.9. The van der Waals surface area contributed by atoms with Crippen LogP contribution in [0.1, 0.15) is 21.7 Å². The summed E-state index contributed by atoms with van der Waals surface area (Å²) in [6.07, 6.45) is 1.46. The van der Waals surface area contributed by atoms with E-state index in [0.29, 0.717) is 12.2 Å². The van der Waals surface area contributed by atoms with Gasteiger partial charge in [-0.15, -0.1) is 0 Å². The van der Waals surface area contributed by atoms with Crippen molar-refractivity contribution in [3.63, 3.8) is 0 Å². The Morgan fingerprint density at radius 2 is 1.61 bits per heavy atom. The maximum absolute atomic E-state index is 11.4. The highest BCUT2D eigenvalue weighted by Gasteiger charge is 2.20. The Morgan fingerprint density at radius 3 is 2.26 bits per heavy atom. The predicted molar refractivity (Wildman–Crippen MR) is 86.0 cm³/mol. The van der Waals surface area contributed by atoms with Gasteiger partial charge in [-0.2, -0.15) is 0 Å². The van der Waals surface area contributed by atoms with Gasteiger partial charge in [0.25, 0.3) is 0 Å². The molecule has 0 radical (unpaired) electrons. The minimum absolute atomic E-state index is 0.0606. The molecule has 1 aromatic heterocycles. The molecule has 0 amide bonds.